The third kappa shape index (κ3) is 3.38. The van der Waals surface area contributed by atoms with Crippen molar-refractivity contribution in [2.75, 3.05) is 32.0 Å². The van der Waals surface area contributed by atoms with E-state index in [-0.39, 0.29) is 0 Å². The van der Waals surface area contributed by atoms with Crippen LogP contribution in [0.4, 0.5) is 5.69 Å². The van der Waals surface area contributed by atoms with E-state index in [1.54, 1.807) is 6.20 Å². The van der Waals surface area contributed by atoms with Crippen molar-refractivity contribution in [2.45, 2.75) is 6.42 Å². The Bertz CT molecular complexity index is 407. The third-order valence-corrected chi connectivity index (χ3v) is 3.31. The maximum Gasteiger partial charge on any atom is 0.122 e. The average Bonchev–Trinajstić information content (AvgIpc) is 2.73. The van der Waals surface area contributed by atoms with Crippen LogP contribution < -0.4 is 11.1 Å². The van der Waals surface area contributed by atoms with Gasteiger partial charge in [-0.3, -0.25) is 4.98 Å². The minimum atomic E-state index is 0.342. The lowest BCUT2D eigenvalue weighted by atomic mass is 10.1. The fourth-order valence-corrected chi connectivity index (χ4v) is 2.24. The highest BCUT2D eigenvalue weighted by Gasteiger charge is 2.18. The maximum atomic E-state index is 5.55. The zero-order valence-corrected chi connectivity index (χ0v) is 10.8. The first-order valence-electron chi connectivity index (χ1n) is 5.83. The van der Waals surface area contributed by atoms with Crippen molar-refractivity contribution in [1.29, 1.82) is 0 Å². The van der Waals surface area contributed by atoms with Gasteiger partial charge in [0.25, 0.3) is 0 Å². The van der Waals surface area contributed by atoms with Gasteiger partial charge in [-0.25, -0.2) is 0 Å². The molecule has 1 aliphatic rings. The lowest BCUT2D eigenvalue weighted by Crippen LogP contribution is -2.19. The summed E-state index contributed by atoms with van der Waals surface area (Å²) in [5.41, 5.74) is 7.27. The molecule has 92 valence electrons. The van der Waals surface area contributed by atoms with E-state index in [9.17, 15) is 0 Å². The van der Waals surface area contributed by atoms with Crippen LogP contribution in [0, 0.1) is 5.92 Å². The summed E-state index contributed by atoms with van der Waals surface area (Å²) in [7, 11) is 2.16. The summed E-state index contributed by atoms with van der Waals surface area (Å²) in [5.74, 6) is 0.724. The van der Waals surface area contributed by atoms with E-state index in [0.717, 1.165) is 18.2 Å². The number of hydrogen-bond acceptors (Lipinski definition) is 4. The van der Waals surface area contributed by atoms with Crippen LogP contribution in [0.3, 0.4) is 0 Å². The number of likely N-dealkylation sites (tertiary alicyclic amines) is 1. The molecule has 2 rings (SSSR count). The Labute approximate surface area is 107 Å². The molecule has 0 saturated carbocycles. The van der Waals surface area contributed by atoms with Crippen LogP contribution >= 0.6 is 12.2 Å². The smallest absolute Gasteiger partial charge is 0.122 e. The van der Waals surface area contributed by atoms with Crippen molar-refractivity contribution in [2.24, 2.45) is 11.7 Å². The highest BCUT2D eigenvalue weighted by Crippen LogP contribution is 2.16. The predicted molar refractivity (Wildman–Crippen MR) is 74.2 cm³/mol. The van der Waals surface area contributed by atoms with E-state index in [4.69, 9.17) is 18.0 Å². The van der Waals surface area contributed by atoms with E-state index in [0.29, 0.717) is 10.7 Å². The summed E-state index contributed by atoms with van der Waals surface area (Å²) >= 11 is 4.91. The molecule has 5 heteroatoms. The van der Waals surface area contributed by atoms with Crippen LogP contribution in [0.2, 0.25) is 0 Å². The van der Waals surface area contributed by atoms with Gasteiger partial charge in [-0.15, -0.1) is 0 Å². The van der Waals surface area contributed by atoms with Crippen LogP contribution in [-0.2, 0) is 0 Å². The van der Waals surface area contributed by atoms with Gasteiger partial charge in [0.2, 0.25) is 0 Å². The second-order valence-electron chi connectivity index (χ2n) is 4.59. The van der Waals surface area contributed by atoms with E-state index in [1.165, 1.54) is 19.5 Å². The second kappa shape index (κ2) is 5.42. The Balaban J connectivity index is 1.90. The standard InChI is InChI=1S/C12H18N4S/c1-16-5-3-9(8-16)7-15-10-2-4-14-11(6-10)12(13)17/h2,4,6,9H,3,5,7-8H2,1H3,(H2,13,17)(H,14,15). The Morgan fingerprint density at radius 2 is 2.53 bits per heavy atom. The van der Waals surface area contributed by atoms with Gasteiger partial charge in [-0.05, 0) is 38.1 Å². The van der Waals surface area contributed by atoms with Gasteiger partial charge in [0.05, 0.1) is 5.69 Å². The van der Waals surface area contributed by atoms with Gasteiger partial charge in [-0.1, -0.05) is 12.2 Å². The Hall–Kier alpha value is -1.20. The molecule has 0 amide bonds. The Kier molecular flexibility index (Phi) is 3.91. The number of pyridine rings is 1. The van der Waals surface area contributed by atoms with Crippen molar-refractivity contribution in [1.82, 2.24) is 9.88 Å². The summed E-state index contributed by atoms with van der Waals surface area (Å²) in [6.45, 7) is 3.35. The minimum absolute atomic E-state index is 0.342. The summed E-state index contributed by atoms with van der Waals surface area (Å²) in [4.78, 5) is 6.82. The molecule has 0 radical (unpaired) electrons. The SMILES string of the molecule is CN1CCC(CNc2ccnc(C(N)=S)c2)C1. The molecule has 1 aromatic rings. The van der Waals surface area contributed by atoms with Gasteiger partial charge in [0.1, 0.15) is 4.99 Å². The summed E-state index contributed by atoms with van der Waals surface area (Å²) < 4.78 is 0. The number of hydrogen-bond donors (Lipinski definition) is 2. The van der Waals surface area contributed by atoms with E-state index < -0.39 is 0 Å². The lowest BCUT2D eigenvalue weighted by molar-refractivity contribution is 0.399. The number of nitrogens with zero attached hydrogens (tertiary/aromatic N) is 2. The van der Waals surface area contributed by atoms with Gasteiger partial charge >= 0.3 is 0 Å². The molecule has 1 aromatic heterocycles. The Morgan fingerprint density at radius 1 is 1.71 bits per heavy atom. The van der Waals surface area contributed by atoms with Gasteiger partial charge < -0.3 is 16.0 Å². The molecule has 0 aromatic carbocycles. The topological polar surface area (TPSA) is 54.2 Å². The summed E-state index contributed by atoms with van der Waals surface area (Å²) in [6.07, 6.45) is 2.99. The molecule has 17 heavy (non-hydrogen) atoms. The highest BCUT2D eigenvalue weighted by atomic mass is 32.1. The number of anilines is 1. The molecule has 1 fully saturated rings. The molecule has 4 nitrogen and oxygen atoms in total. The zero-order chi connectivity index (χ0) is 12.3. The first-order valence-corrected chi connectivity index (χ1v) is 6.24. The highest BCUT2D eigenvalue weighted by molar-refractivity contribution is 7.80. The average molecular weight is 250 g/mol. The zero-order valence-electron chi connectivity index (χ0n) is 10.0. The fourth-order valence-electron chi connectivity index (χ4n) is 2.13. The van der Waals surface area contributed by atoms with Crippen molar-refractivity contribution in [3.63, 3.8) is 0 Å². The number of thiocarbonyl (C=S) groups is 1. The van der Waals surface area contributed by atoms with Crippen molar-refractivity contribution < 1.29 is 0 Å². The quantitative estimate of drug-likeness (QED) is 0.783. The molecule has 0 aliphatic carbocycles. The van der Waals surface area contributed by atoms with Crippen molar-refractivity contribution >= 4 is 22.9 Å². The van der Waals surface area contributed by atoms with Crippen LogP contribution in [0.5, 0.6) is 0 Å². The molecular weight excluding hydrogens is 232 g/mol. The van der Waals surface area contributed by atoms with Crippen LogP contribution in [0.1, 0.15) is 12.1 Å². The largest absolute Gasteiger partial charge is 0.388 e. The van der Waals surface area contributed by atoms with E-state index in [1.807, 2.05) is 12.1 Å². The van der Waals surface area contributed by atoms with E-state index in [2.05, 4.69) is 22.2 Å². The summed E-state index contributed by atoms with van der Waals surface area (Å²) in [5, 5.41) is 3.42. The second-order valence-corrected chi connectivity index (χ2v) is 5.03. The number of nitrogens with two attached hydrogens (primary N) is 1. The third-order valence-electron chi connectivity index (χ3n) is 3.10. The Morgan fingerprint density at radius 3 is 3.18 bits per heavy atom. The van der Waals surface area contributed by atoms with Crippen molar-refractivity contribution in [3.8, 4) is 0 Å². The molecule has 0 bridgehead atoms. The number of aromatic nitrogens is 1. The molecule has 1 saturated heterocycles. The monoisotopic (exact) mass is 250 g/mol. The van der Waals surface area contributed by atoms with Gasteiger partial charge in [0, 0.05) is 25.0 Å². The molecule has 3 N–H and O–H groups in total. The minimum Gasteiger partial charge on any atom is -0.388 e. The first kappa shape index (κ1) is 12.3. The fraction of sp³-hybridized carbons (Fsp3) is 0.500. The van der Waals surface area contributed by atoms with Crippen LogP contribution in [0.25, 0.3) is 0 Å². The molecule has 1 atom stereocenters. The molecule has 1 unspecified atom stereocenters. The molecular formula is C12H18N4S. The first-order chi connectivity index (χ1) is 8.15. The lowest BCUT2D eigenvalue weighted by Gasteiger charge is -2.13. The van der Waals surface area contributed by atoms with Crippen LogP contribution in [-0.4, -0.2) is 41.6 Å². The normalized spacial score (nSPS) is 20.4. The van der Waals surface area contributed by atoms with E-state index >= 15 is 0 Å². The molecule has 0 spiro atoms. The van der Waals surface area contributed by atoms with Gasteiger partial charge in [0.15, 0.2) is 0 Å². The number of nitrogens with one attached hydrogen (secondary N) is 1. The molecule has 2 heterocycles. The molecule has 1 aliphatic heterocycles. The van der Waals surface area contributed by atoms with Crippen LogP contribution in [0.15, 0.2) is 18.3 Å². The summed E-state index contributed by atoms with van der Waals surface area (Å²) in [6, 6.07) is 3.85. The van der Waals surface area contributed by atoms with Crippen molar-refractivity contribution in [3.05, 3.63) is 24.0 Å². The number of rotatable bonds is 4. The predicted octanol–water partition coefficient (Wildman–Crippen LogP) is 1.08. The maximum absolute atomic E-state index is 5.55. The van der Waals surface area contributed by atoms with Gasteiger partial charge in [-0.2, -0.15) is 0 Å².